The van der Waals surface area contributed by atoms with Crippen molar-refractivity contribution in [3.8, 4) is 5.75 Å². The van der Waals surface area contributed by atoms with Crippen LogP contribution in [0, 0.1) is 0 Å². The Kier molecular flexibility index (Phi) is 6.44. The summed E-state index contributed by atoms with van der Waals surface area (Å²) >= 11 is 0. The van der Waals surface area contributed by atoms with Gasteiger partial charge in [0.25, 0.3) is 17.9 Å². The summed E-state index contributed by atoms with van der Waals surface area (Å²) < 4.78 is 27.2. The second-order valence-electron chi connectivity index (χ2n) is 6.70. The van der Waals surface area contributed by atoms with Crippen molar-refractivity contribution < 1.29 is 36.5 Å². The first-order valence-corrected chi connectivity index (χ1v) is 13.3. The number of fused-ring (bicyclic) bond motifs is 1. The highest BCUT2D eigenvalue weighted by Gasteiger charge is 2.51. The molecule has 1 aliphatic rings. The van der Waals surface area contributed by atoms with Gasteiger partial charge in [-0.15, -0.1) is 0 Å². The van der Waals surface area contributed by atoms with Crippen LogP contribution in [0.5, 0.6) is 5.75 Å². The van der Waals surface area contributed by atoms with E-state index in [2.05, 4.69) is 0 Å². The topological polar surface area (TPSA) is 97.4 Å². The van der Waals surface area contributed by atoms with Crippen LogP contribution < -0.4 is 4.43 Å². The number of carbonyl (C=O) groups excluding carboxylic acids is 3. The zero-order valence-electron chi connectivity index (χ0n) is 16.1. The van der Waals surface area contributed by atoms with Crippen LogP contribution >= 0.6 is 0 Å². The summed E-state index contributed by atoms with van der Waals surface area (Å²) in [6.45, 7) is 7.93. The molecule has 0 aromatic heterocycles. The summed E-state index contributed by atoms with van der Waals surface area (Å²) in [7, 11) is -5.96. The smallest absolute Gasteiger partial charge is 0.520 e. The summed E-state index contributed by atoms with van der Waals surface area (Å²) in [5.41, 5.74) is 1.81. The number of hydrogen-bond acceptors (Lipinski definition) is 8. The summed E-state index contributed by atoms with van der Waals surface area (Å²) in [5, 5.41) is 0. The van der Waals surface area contributed by atoms with Crippen molar-refractivity contribution in [2.75, 3.05) is 0 Å². The van der Waals surface area contributed by atoms with Gasteiger partial charge in [0.2, 0.25) is 0 Å². The van der Waals surface area contributed by atoms with Gasteiger partial charge in [-0.1, -0.05) is 6.07 Å². The van der Waals surface area contributed by atoms with Crippen molar-refractivity contribution in [2.24, 2.45) is 0 Å². The summed E-state index contributed by atoms with van der Waals surface area (Å²) in [4.78, 5) is 34.5. The van der Waals surface area contributed by atoms with Crippen molar-refractivity contribution >= 4 is 35.3 Å². The number of carbonyl (C=O) groups is 3. The zero-order chi connectivity index (χ0) is 20.2. The van der Waals surface area contributed by atoms with Gasteiger partial charge < -0.3 is 22.1 Å². The lowest BCUT2D eigenvalue weighted by Crippen LogP contribution is -2.49. The molecule has 148 valence electrons. The fourth-order valence-electron chi connectivity index (χ4n) is 2.72. The first kappa shape index (κ1) is 21.1. The third-order valence-electron chi connectivity index (χ3n) is 3.67. The largest absolute Gasteiger partial charge is 0.705 e. The number of benzene rings is 1. The van der Waals surface area contributed by atoms with Gasteiger partial charge in [-0.3, -0.25) is 14.4 Å². The molecule has 0 aliphatic carbocycles. The lowest BCUT2D eigenvalue weighted by Gasteiger charge is -2.31. The molecule has 0 bridgehead atoms. The third-order valence-corrected chi connectivity index (χ3v) is 7.88. The summed E-state index contributed by atoms with van der Waals surface area (Å²) in [6.07, 6.45) is 0.383. The molecule has 0 saturated carbocycles. The molecule has 1 aromatic carbocycles. The molecular formula is C17H24O8Si2. The molecule has 0 N–H and O–H groups in total. The van der Waals surface area contributed by atoms with Crippen LogP contribution in [0.25, 0.3) is 0 Å². The molecule has 0 unspecified atom stereocenters. The van der Waals surface area contributed by atoms with E-state index in [1.807, 2.05) is 31.3 Å². The van der Waals surface area contributed by atoms with E-state index in [4.69, 9.17) is 22.1 Å². The number of rotatable bonds is 6. The summed E-state index contributed by atoms with van der Waals surface area (Å²) in [5.74, 6) is -1.24. The molecule has 1 heterocycles. The minimum atomic E-state index is -3.83. The Labute approximate surface area is 160 Å². The van der Waals surface area contributed by atoms with Gasteiger partial charge in [-0.2, -0.15) is 0 Å². The van der Waals surface area contributed by atoms with E-state index in [0.717, 1.165) is 16.9 Å². The molecule has 10 heteroatoms. The van der Waals surface area contributed by atoms with Gasteiger partial charge in [-0.05, 0) is 37.2 Å². The highest BCUT2D eigenvalue weighted by atomic mass is 28.4. The minimum Gasteiger partial charge on any atom is -0.520 e. The predicted molar refractivity (Wildman–Crippen MR) is 98.9 cm³/mol. The monoisotopic (exact) mass is 412 g/mol. The molecule has 0 fully saturated rings. The molecule has 27 heavy (non-hydrogen) atoms. The Hall–Kier alpha value is -2.18. The first-order valence-electron chi connectivity index (χ1n) is 8.54. The van der Waals surface area contributed by atoms with E-state index in [9.17, 15) is 14.4 Å². The van der Waals surface area contributed by atoms with E-state index in [0.29, 0.717) is 13.0 Å². The van der Waals surface area contributed by atoms with Crippen LogP contribution in [0.3, 0.4) is 0 Å². The van der Waals surface area contributed by atoms with Crippen molar-refractivity contribution in [2.45, 2.75) is 52.9 Å². The average molecular weight is 413 g/mol. The molecule has 0 spiro atoms. The SMILES string of the molecule is CC(=O)O[Si](CCc1ccc2c(c1)CO[Si](C)(C)O2)(OC(C)=O)OC(C)=O. The first-order chi connectivity index (χ1) is 12.5. The van der Waals surface area contributed by atoms with Crippen molar-refractivity contribution in [3.63, 3.8) is 0 Å². The predicted octanol–water partition coefficient (Wildman–Crippen LogP) is 2.47. The molecule has 2 rings (SSSR count). The van der Waals surface area contributed by atoms with Crippen LogP contribution in [-0.4, -0.2) is 35.3 Å². The third kappa shape index (κ3) is 6.19. The van der Waals surface area contributed by atoms with Crippen LogP contribution in [-0.2, 0) is 45.1 Å². The van der Waals surface area contributed by atoms with E-state index in [1.165, 1.54) is 20.8 Å². The molecule has 1 aromatic rings. The average Bonchev–Trinajstić information content (AvgIpc) is 2.50. The molecule has 0 amide bonds. The maximum absolute atomic E-state index is 11.5. The van der Waals surface area contributed by atoms with Crippen LogP contribution in [0.15, 0.2) is 18.2 Å². The van der Waals surface area contributed by atoms with Crippen LogP contribution in [0.4, 0.5) is 0 Å². The van der Waals surface area contributed by atoms with E-state index < -0.39 is 35.3 Å². The Morgan fingerprint density at radius 2 is 1.59 bits per heavy atom. The lowest BCUT2D eigenvalue weighted by molar-refractivity contribution is -0.147. The van der Waals surface area contributed by atoms with Gasteiger partial charge in [0.1, 0.15) is 5.75 Å². The van der Waals surface area contributed by atoms with Crippen molar-refractivity contribution in [1.82, 2.24) is 0 Å². The van der Waals surface area contributed by atoms with Crippen molar-refractivity contribution in [3.05, 3.63) is 29.3 Å². The van der Waals surface area contributed by atoms with Crippen LogP contribution in [0.2, 0.25) is 19.1 Å². The van der Waals surface area contributed by atoms with E-state index >= 15 is 0 Å². The van der Waals surface area contributed by atoms with E-state index in [1.54, 1.807) is 0 Å². The Bertz CT molecular complexity index is 706. The molecular weight excluding hydrogens is 388 g/mol. The maximum Gasteiger partial charge on any atom is 0.705 e. The Morgan fingerprint density at radius 3 is 2.11 bits per heavy atom. The number of hydrogen-bond donors (Lipinski definition) is 0. The zero-order valence-corrected chi connectivity index (χ0v) is 18.1. The van der Waals surface area contributed by atoms with Gasteiger partial charge in [0, 0.05) is 26.3 Å². The highest BCUT2D eigenvalue weighted by molar-refractivity contribution is 6.66. The second kappa shape index (κ2) is 8.23. The highest BCUT2D eigenvalue weighted by Crippen LogP contribution is 2.31. The fraction of sp³-hybridized carbons (Fsp3) is 0.471. The van der Waals surface area contributed by atoms with Gasteiger partial charge in [0.15, 0.2) is 0 Å². The van der Waals surface area contributed by atoms with Gasteiger partial charge >= 0.3 is 17.4 Å². The van der Waals surface area contributed by atoms with E-state index in [-0.39, 0.29) is 6.04 Å². The van der Waals surface area contributed by atoms with Gasteiger partial charge in [-0.25, -0.2) is 0 Å². The molecule has 1 aliphatic heterocycles. The minimum absolute atomic E-state index is 0.0898. The van der Waals surface area contributed by atoms with Crippen LogP contribution in [0.1, 0.15) is 31.9 Å². The molecule has 0 radical (unpaired) electrons. The standard InChI is InChI=1S/C17H24O8Si2/c1-12(18)22-27(23-13(2)19,24-14(3)20)9-8-15-6-7-17-16(10-15)11-21-26(4,5)25-17/h6-7,10H,8-9,11H2,1-5H3. The fourth-order valence-corrected chi connectivity index (χ4v) is 6.35. The molecule has 8 nitrogen and oxygen atoms in total. The Balaban J connectivity index is 2.19. The number of aryl methyl sites for hydroxylation is 1. The lowest BCUT2D eigenvalue weighted by atomic mass is 10.1. The second-order valence-corrected chi connectivity index (χ2v) is 12.5. The van der Waals surface area contributed by atoms with Gasteiger partial charge in [0.05, 0.1) is 12.7 Å². The quantitative estimate of drug-likeness (QED) is 0.657. The van der Waals surface area contributed by atoms with Crippen molar-refractivity contribution in [1.29, 1.82) is 0 Å². The summed E-state index contributed by atoms with van der Waals surface area (Å²) in [6, 6.07) is 5.76. The molecule has 0 atom stereocenters. The normalized spacial score (nSPS) is 15.1. The Morgan fingerprint density at radius 1 is 1.04 bits per heavy atom. The maximum atomic E-state index is 11.5. The molecule has 0 saturated heterocycles.